The van der Waals surface area contributed by atoms with Crippen LogP contribution in [0.5, 0.6) is 0 Å². The molecule has 1 heterocycles. The van der Waals surface area contributed by atoms with Crippen LogP contribution in [0.4, 0.5) is 10.1 Å². The van der Waals surface area contributed by atoms with Crippen molar-refractivity contribution in [3.05, 3.63) is 101 Å². The molecule has 0 radical (unpaired) electrons. The zero-order valence-corrected chi connectivity index (χ0v) is 17.9. The van der Waals surface area contributed by atoms with E-state index in [1.54, 1.807) is 6.07 Å². The molecule has 1 N–H and O–H groups in total. The van der Waals surface area contributed by atoms with Crippen LogP contribution in [0.15, 0.2) is 78.9 Å². The van der Waals surface area contributed by atoms with Crippen molar-refractivity contribution >= 4 is 23.2 Å². The molecule has 0 aromatic heterocycles. The molecule has 31 heavy (non-hydrogen) atoms. The fourth-order valence-corrected chi connectivity index (χ4v) is 4.21. The van der Waals surface area contributed by atoms with Gasteiger partial charge < -0.3 is 5.32 Å². The van der Waals surface area contributed by atoms with Gasteiger partial charge in [0.2, 0.25) is 5.91 Å². The van der Waals surface area contributed by atoms with Crippen LogP contribution in [0.1, 0.15) is 17.2 Å². The van der Waals surface area contributed by atoms with Crippen LogP contribution >= 0.6 is 11.6 Å². The molecule has 160 valence electrons. The molecule has 0 saturated carbocycles. The van der Waals surface area contributed by atoms with Crippen LogP contribution in [0, 0.1) is 5.82 Å². The summed E-state index contributed by atoms with van der Waals surface area (Å²) in [4.78, 5) is 17.0. The van der Waals surface area contributed by atoms with Crippen molar-refractivity contribution in [1.82, 2.24) is 9.80 Å². The molecule has 1 aliphatic heterocycles. The zero-order valence-electron chi connectivity index (χ0n) is 17.2. The Morgan fingerprint density at radius 2 is 1.48 bits per heavy atom. The highest BCUT2D eigenvalue weighted by Gasteiger charge is 2.27. The van der Waals surface area contributed by atoms with Crippen LogP contribution in [-0.2, 0) is 4.79 Å². The topological polar surface area (TPSA) is 35.6 Å². The summed E-state index contributed by atoms with van der Waals surface area (Å²) in [6.07, 6.45) is 0. The molecule has 3 aromatic rings. The van der Waals surface area contributed by atoms with E-state index in [1.807, 2.05) is 12.1 Å². The molecular weight excluding hydrogens is 413 g/mol. The zero-order chi connectivity index (χ0) is 21.6. The third kappa shape index (κ3) is 5.50. The number of piperazine rings is 1. The van der Waals surface area contributed by atoms with Gasteiger partial charge in [-0.3, -0.25) is 14.6 Å². The molecule has 0 aliphatic carbocycles. The number of nitrogens with one attached hydrogen (secondary N) is 1. The monoisotopic (exact) mass is 437 g/mol. The lowest BCUT2D eigenvalue weighted by molar-refractivity contribution is -0.117. The van der Waals surface area contributed by atoms with Gasteiger partial charge in [-0.15, -0.1) is 0 Å². The molecule has 4 nitrogen and oxygen atoms in total. The Kier molecular flexibility index (Phi) is 6.97. The standard InChI is InChI=1S/C25H25ClFN3O/c26-21-11-12-23(22(27)17-21)28-24(31)18-29-13-15-30(16-14-29)25(19-7-3-1-4-8-19)20-9-5-2-6-10-20/h1-12,17,25H,13-16,18H2,(H,28,31). The second-order valence-electron chi connectivity index (χ2n) is 7.71. The molecule has 6 heteroatoms. The van der Waals surface area contributed by atoms with Crippen molar-refractivity contribution in [2.45, 2.75) is 6.04 Å². The summed E-state index contributed by atoms with van der Waals surface area (Å²) in [7, 11) is 0. The molecular formula is C25H25ClFN3O. The maximum atomic E-state index is 13.9. The van der Waals surface area contributed by atoms with E-state index in [4.69, 9.17) is 11.6 Å². The molecule has 0 spiro atoms. The first kappa shape index (κ1) is 21.5. The van der Waals surface area contributed by atoms with E-state index < -0.39 is 5.82 Å². The third-order valence-corrected chi connectivity index (χ3v) is 5.81. The van der Waals surface area contributed by atoms with Gasteiger partial charge in [0, 0.05) is 31.2 Å². The van der Waals surface area contributed by atoms with E-state index in [2.05, 4.69) is 63.6 Å². The molecule has 0 unspecified atom stereocenters. The van der Waals surface area contributed by atoms with Gasteiger partial charge in [-0.05, 0) is 29.3 Å². The largest absolute Gasteiger partial charge is 0.322 e. The minimum Gasteiger partial charge on any atom is -0.322 e. The maximum absolute atomic E-state index is 13.9. The van der Waals surface area contributed by atoms with Gasteiger partial charge in [0.15, 0.2) is 0 Å². The number of anilines is 1. The lowest BCUT2D eigenvalue weighted by Crippen LogP contribution is -2.49. The van der Waals surface area contributed by atoms with E-state index in [9.17, 15) is 9.18 Å². The Morgan fingerprint density at radius 1 is 0.903 bits per heavy atom. The lowest BCUT2D eigenvalue weighted by Gasteiger charge is -2.39. The molecule has 3 aromatic carbocycles. The number of amides is 1. The van der Waals surface area contributed by atoms with Gasteiger partial charge in [-0.2, -0.15) is 0 Å². The first-order valence-electron chi connectivity index (χ1n) is 10.4. The Labute approximate surface area is 187 Å². The predicted octanol–water partition coefficient (Wildman–Crippen LogP) is 4.82. The maximum Gasteiger partial charge on any atom is 0.238 e. The fraction of sp³-hybridized carbons (Fsp3) is 0.240. The summed E-state index contributed by atoms with van der Waals surface area (Å²) in [5.41, 5.74) is 2.68. The van der Waals surface area contributed by atoms with E-state index >= 15 is 0 Å². The number of halogens is 2. The first-order valence-corrected chi connectivity index (χ1v) is 10.8. The van der Waals surface area contributed by atoms with E-state index in [1.165, 1.54) is 23.3 Å². The highest BCUT2D eigenvalue weighted by atomic mass is 35.5. The molecule has 1 saturated heterocycles. The number of hydrogen-bond donors (Lipinski definition) is 1. The van der Waals surface area contributed by atoms with Crippen LogP contribution < -0.4 is 5.32 Å². The van der Waals surface area contributed by atoms with Gasteiger partial charge in [-0.1, -0.05) is 72.3 Å². The van der Waals surface area contributed by atoms with E-state index in [0.717, 1.165) is 26.2 Å². The Bertz CT molecular complexity index is 968. The molecule has 1 fully saturated rings. The minimum absolute atomic E-state index is 0.154. The molecule has 0 atom stereocenters. The van der Waals surface area contributed by atoms with Crippen molar-refractivity contribution in [2.75, 3.05) is 38.0 Å². The average Bonchev–Trinajstić information content (AvgIpc) is 2.79. The van der Waals surface area contributed by atoms with Gasteiger partial charge in [0.1, 0.15) is 5.82 Å². The van der Waals surface area contributed by atoms with Gasteiger partial charge in [0.25, 0.3) is 0 Å². The molecule has 1 amide bonds. The molecule has 4 rings (SSSR count). The Morgan fingerprint density at radius 3 is 2.03 bits per heavy atom. The molecule has 0 bridgehead atoms. The second kappa shape index (κ2) is 10.1. The van der Waals surface area contributed by atoms with Crippen molar-refractivity contribution < 1.29 is 9.18 Å². The third-order valence-electron chi connectivity index (χ3n) is 5.58. The van der Waals surface area contributed by atoms with E-state index in [0.29, 0.717) is 5.02 Å². The first-order chi connectivity index (χ1) is 15.1. The van der Waals surface area contributed by atoms with Crippen LogP contribution in [-0.4, -0.2) is 48.4 Å². The van der Waals surface area contributed by atoms with E-state index in [-0.39, 0.29) is 24.2 Å². The van der Waals surface area contributed by atoms with Crippen LogP contribution in [0.3, 0.4) is 0 Å². The Balaban J connectivity index is 1.38. The van der Waals surface area contributed by atoms with Gasteiger partial charge in [-0.25, -0.2) is 4.39 Å². The van der Waals surface area contributed by atoms with Crippen molar-refractivity contribution in [1.29, 1.82) is 0 Å². The summed E-state index contributed by atoms with van der Waals surface area (Å²) in [5, 5.41) is 2.95. The predicted molar refractivity (Wildman–Crippen MR) is 123 cm³/mol. The highest BCUT2D eigenvalue weighted by Crippen LogP contribution is 2.29. The quantitative estimate of drug-likeness (QED) is 0.600. The van der Waals surface area contributed by atoms with Crippen molar-refractivity contribution in [3.8, 4) is 0 Å². The van der Waals surface area contributed by atoms with Crippen LogP contribution in [0.2, 0.25) is 5.02 Å². The normalized spacial score (nSPS) is 15.2. The van der Waals surface area contributed by atoms with Gasteiger partial charge >= 0.3 is 0 Å². The minimum atomic E-state index is -0.528. The van der Waals surface area contributed by atoms with Crippen LogP contribution in [0.25, 0.3) is 0 Å². The number of benzene rings is 3. The van der Waals surface area contributed by atoms with Crippen molar-refractivity contribution in [3.63, 3.8) is 0 Å². The highest BCUT2D eigenvalue weighted by molar-refractivity contribution is 6.30. The second-order valence-corrected chi connectivity index (χ2v) is 8.14. The number of carbonyl (C=O) groups excluding carboxylic acids is 1. The summed E-state index contributed by atoms with van der Waals surface area (Å²) < 4.78 is 13.9. The summed E-state index contributed by atoms with van der Waals surface area (Å²) in [6.45, 7) is 3.46. The number of nitrogens with zero attached hydrogens (tertiary/aromatic N) is 2. The summed E-state index contributed by atoms with van der Waals surface area (Å²) >= 11 is 5.77. The summed E-state index contributed by atoms with van der Waals surface area (Å²) in [6, 6.07) is 25.4. The lowest BCUT2D eigenvalue weighted by atomic mass is 9.96. The SMILES string of the molecule is O=C(CN1CCN(C(c2ccccc2)c2ccccc2)CC1)Nc1ccc(Cl)cc1F. The van der Waals surface area contributed by atoms with Crippen molar-refractivity contribution in [2.24, 2.45) is 0 Å². The number of hydrogen-bond acceptors (Lipinski definition) is 3. The van der Waals surface area contributed by atoms with Gasteiger partial charge in [0.05, 0.1) is 18.3 Å². The fourth-order valence-electron chi connectivity index (χ4n) is 4.05. The average molecular weight is 438 g/mol. The smallest absolute Gasteiger partial charge is 0.238 e. The number of carbonyl (C=O) groups is 1. The molecule has 1 aliphatic rings. The summed E-state index contributed by atoms with van der Waals surface area (Å²) in [5.74, 6) is -0.753. The number of rotatable bonds is 6. The Hall–Kier alpha value is -2.73.